The smallest absolute Gasteiger partial charge is 0.411 e. The van der Waals surface area contributed by atoms with Crippen LogP contribution in [0.2, 0.25) is 0 Å². The summed E-state index contributed by atoms with van der Waals surface area (Å²) in [5.41, 5.74) is 8.63. The van der Waals surface area contributed by atoms with Crippen molar-refractivity contribution in [1.29, 1.82) is 0 Å². The van der Waals surface area contributed by atoms with E-state index in [9.17, 15) is 43.2 Å². The molecule has 0 saturated carbocycles. The molecule has 0 fully saturated rings. The van der Waals surface area contributed by atoms with E-state index < -0.39 is 28.8 Å². The second kappa shape index (κ2) is 45.1. The largest absolute Gasteiger partial charge is 0.440 e. The Labute approximate surface area is 716 Å². The van der Waals surface area contributed by atoms with Crippen molar-refractivity contribution in [3.63, 3.8) is 0 Å². The minimum absolute atomic E-state index is 0.0127. The first kappa shape index (κ1) is 98.1. The van der Waals surface area contributed by atoms with Gasteiger partial charge in [0.1, 0.15) is 11.9 Å². The van der Waals surface area contributed by atoms with Crippen LogP contribution in [-0.4, -0.2) is 180 Å². The molecule has 3 aliphatic heterocycles. The molecule has 0 radical (unpaired) electrons. The Morgan fingerprint density at radius 1 is 0.455 bits per heavy atom. The lowest BCUT2D eigenvalue weighted by Crippen LogP contribution is -2.50. The number of aryl methyl sites for hydroxylation is 3. The molecular formula is C94H131N17O10. The molecule has 0 spiro atoms. The molecule has 8 aromatic rings. The number of urea groups is 2. The lowest BCUT2D eigenvalue weighted by molar-refractivity contribution is -0.118. The molecule has 0 saturated heterocycles. The SMILES string of the molecule is C/C=C/C(=O)Cc1cccc(C(=O)Nc2nn(C)c3c2CN(C(=O)NC(C)CN(C)C)C3(C)C)c1.C/C=C/C(=O)Cc1cccc(C(=O)Nc2nn(C)c3c2CN(C(=O)O[C@H](CN(C)C)c2ccccc2)C3(C)C)c1.CC.CC.CC.CCCC(=O)Cc1cccc(C(=O)Nc2nn(C)c3c2CN(C(=O)N[C@H](CN(C)C)c2ccccc2)C3(C)C)c1. The maximum Gasteiger partial charge on any atom is 0.411 e. The summed E-state index contributed by atoms with van der Waals surface area (Å²) in [6.45, 7) is 34.2. The van der Waals surface area contributed by atoms with Gasteiger partial charge in [-0.2, -0.15) is 15.3 Å². The van der Waals surface area contributed by atoms with Crippen LogP contribution in [0.4, 0.5) is 31.8 Å². The van der Waals surface area contributed by atoms with E-state index in [4.69, 9.17) is 4.74 Å². The number of benzene rings is 5. The zero-order valence-electron chi connectivity index (χ0n) is 76.0. The molecule has 5 N–H and O–H groups in total. The third kappa shape index (κ3) is 25.5. The summed E-state index contributed by atoms with van der Waals surface area (Å²) in [4.78, 5) is 127. The molecule has 3 atom stereocenters. The first-order chi connectivity index (χ1) is 57.4. The van der Waals surface area contributed by atoms with Gasteiger partial charge in [0.15, 0.2) is 29.0 Å². The van der Waals surface area contributed by atoms with E-state index in [0.717, 1.165) is 74.6 Å². The van der Waals surface area contributed by atoms with Crippen LogP contribution < -0.4 is 26.6 Å². The Morgan fingerprint density at radius 3 is 1.17 bits per heavy atom. The molecule has 27 heteroatoms. The van der Waals surface area contributed by atoms with Crippen molar-refractivity contribution in [3.05, 3.63) is 236 Å². The number of hydrogen-bond acceptors (Lipinski definition) is 16. The van der Waals surface area contributed by atoms with Crippen LogP contribution in [0.3, 0.4) is 0 Å². The number of fused-ring (bicyclic) bond motifs is 3. The maximum atomic E-state index is 13.7. The highest BCUT2D eigenvalue weighted by molar-refractivity contribution is 6.06. The first-order valence-electron chi connectivity index (χ1n) is 41.9. The molecule has 6 heterocycles. The highest BCUT2D eigenvalue weighted by Crippen LogP contribution is 2.45. The predicted molar refractivity (Wildman–Crippen MR) is 480 cm³/mol. The number of nitrogens with one attached hydrogen (secondary N) is 5. The normalized spacial score (nSPS) is 14.3. The summed E-state index contributed by atoms with van der Waals surface area (Å²) >= 11 is 0. The number of likely N-dealkylation sites (N-methyl/N-ethyl adjacent to an activating group) is 3. The zero-order valence-corrected chi connectivity index (χ0v) is 76.0. The zero-order chi connectivity index (χ0) is 90.0. The standard InChI is InChI=1S/C31H40N6O3.C31H37N5O4.C26H36N6O3.3C2H6/c1-7-12-24(38)18-21-13-11-16-23(17-21)29(39)33-28-25-19-37(31(2,3)27(25)36(6)34-28)30(40)32-26(20-35(4)5)22-14-9-8-10-15-22;1-7-12-24(37)18-21-13-11-16-23(17-21)29(38)32-28-25-19-36(31(2,3)27(25)35(6)33-28)30(39)40-26(20-34(4)5)22-14-9-8-10-15-22;1-8-10-20(33)14-18-11-9-12-19(13-18)24(34)28-23-21-16-32(25(35)27-17(2)15-30(5)6)26(3,4)22(21)31(7)29-23;3*1-2/h8-11,13-17,26H,7,12,18-20H2,1-6H3,(H,32,40)(H,33,34,39);7-17,26H,18-20H2,1-6H3,(H,32,33,38);8-13,17H,14-16H2,1-7H3,(H,27,35)(H,28,29,34);3*1-2H3/b;12-7+;10-8+;;;/t2*26-;;;;/m11..../s1. The number of ketones is 3. The number of anilines is 3. The van der Waals surface area contributed by atoms with Gasteiger partial charge in [0.25, 0.3) is 17.7 Å². The molecule has 0 bridgehead atoms. The number of hydrogen-bond donors (Lipinski definition) is 5. The van der Waals surface area contributed by atoms with Gasteiger partial charge in [0.2, 0.25) is 0 Å². The summed E-state index contributed by atoms with van der Waals surface area (Å²) in [6, 6.07) is 40.2. The Hall–Kier alpha value is -11.7. The topological polar surface area (TPSA) is 296 Å². The predicted octanol–water partition coefficient (Wildman–Crippen LogP) is 15.6. The number of rotatable bonds is 27. The molecule has 0 aliphatic carbocycles. The Balaban J connectivity index is 0.000000273. The molecule has 652 valence electrons. The number of nitrogens with zero attached hydrogens (tertiary/aromatic N) is 12. The van der Waals surface area contributed by atoms with Gasteiger partial charge < -0.3 is 55.8 Å². The summed E-state index contributed by atoms with van der Waals surface area (Å²) in [5.74, 6) is 0.421. The lowest BCUT2D eigenvalue weighted by Gasteiger charge is -2.34. The number of carbonyl (C=O) groups is 9. The highest BCUT2D eigenvalue weighted by Gasteiger charge is 2.49. The van der Waals surface area contributed by atoms with Crippen LogP contribution in [-0.2, 0) is 95.8 Å². The molecule has 5 aromatic carbocycles. The Bertz CT molecular complexity index is 4920. The summed E-state index contributed by atoms with van der Waals surface area (Å²) in [6.07, 6.45) is 7.65. The third-order valence-electron chi connectivity index (χ3n) is 20.5. The molecule has 8 amide bonds. The van der Waals surface area contributed by atoms with Crippen LogP contribution in [0.5, 0.6) is 0 Å². The summed E-state index contributed by atoms with van der Waals surface area (Å²) in [5, 5.41) is 28.8. The second-order valence-electron chi connectivity index (χ2n) is 31.9. The van der Waals surface area contributed by atoms with Gasteiger partial charge in [-0.15, -0.1) is 0 Å². The van der Waals surface area contributed by atoms with Gasteiger partial charge in [0, 0.05) is 106 Å². The fourth-order valence-corrected chi connectivity index (χ4v) is 15.4. The lowest BCUT2D eigenvalue weighted by atomic mass is 10.0. The van der Waals surface area contributed by atoms with Crippen molar-refractivity contribution in [2.24, 2.45) is 21.1 Å². The van der Waals surface area contributed by atoms with Gasteiger partial charge in [-0.1, -0.05) is 158 Å². The molecular weight excluding hydrogens is 1530 g/mol. The fourth-order valence-electron chi connectivity index (χ4n) is 15.4. The highest BCUT2D eigenvalue weighted by atomic mass is 16.6. The molecule has 11 rings (SSSR count). The molecule has 1 unspecified atom stereocenters. The van der Waals surface area contributed by atoms with Crippen molar-refractivity contribution in [1.82, 2.24) is 69.4 Å². The minimum atomic E-state index is -0.719. The van der Waals surface area contributed by atoms with E-state index >= 15 is 0 Å². The van der Waals surface area contributed by atoms with E-state index in [1.54, 1.807) is 116 Å². The molecule has 3 aliphatic rings. The van der Waals surface area contributed by atoms with Crippen molar-refractivity contribution in [2.75, 3.05) is 77.9 Å². The van der Waals surface area contributed by atoms with E-state index in [-0.39, 0.29) is 78.6 Å². The van der Waals surface area contributed by atoms with Crippen molar-refractivity contribution in [3.8, 4) is 0 Å². The van der Waals surface area contributed by atoms with Crippen LogP contribution in [0.15, 0.2) is 158 Å². The van der Waals surface area contributed by atoms with Gasteiger partial charge in [-0.25, -0.2) is 14.4 Å². The number of amides is 8. The van der Waals surface area contributed by atoms with E-state index in [0.29, 0.717) is 73.2 Å². The number of Topliss-reactive ketones (excluding diaryl/α,β-unsaturated/α-hetero) is 1. The first-order valence-corrected chi connectivity index (χ1v) is 41.9. The minimum Gasteiger partial charge on any atom is -0.440 e. The van der Waals surface area contributed by atoms with Crippen LogP contribution in [0.1, 0.15) is 228 Å². The Kier molecular flexibility index (Phi) is 36.6. The molecule has 27 nitrogen and oxygen atoms in total. The number of allylic oxidation sites excluding steroid dienone is 4. The Morgan fingerprint density at radius 2 is 0.802 bits per heavy atom. The van der Waals surface area contributed by atoms with Gasteiger partial charge in [-0.3, -0.25) is 47.7 Å². The van der Waals surface area contributed by atoms with Crippen LogP contribution in [0.25, 0.3) is 0 Å². The average molecular weight is 1660 g/mol. The van der Waals surface area contributed by atoms with Crippen molar-refractivity contribution < 1.29 is 47.9 Å². The summed E-state index contributed by atoms with van der Waals surface area (Å²) < 4.78 is 11.2. The second-order valence-corrected chi connectivity index (χ2v) is 31.9. The van der Waals surface area contributed by atoms with Gasteiger partial charge >= 0.3 is 18.2 Å². The van der Waals surface area contributed by atoms with E-state index in [1.807, 2.05) is 247 Å². The number of aromatic nitrogens is 6. The third-order valence-corrected chi connectivity index (χ3v) is 20.5. The van der Waals surface area contributed by atoms with Crippen molar-refractivity contribution >= 4 is 70.7 Å². The van der Waals surface area contributed by atoms with E-state index in [1.165, 1.54) is 12.2 Å². The molecule has 121 heavy (non-hydrogen) atoms. The number of ether oxygens (including phenoxy) is 1. The fraction of sp³-hybridized carbons (Fsp3) is 0.447. The number of carbonyl (C=O) groups excluding carboxylic acids is 9. The van der Waals surface area contributed by atoms with Crippen LogP contribution >= 0.6 is 0 Å². The van der Waals surface area contributed by atoms with Crippen molar-refractivity contribution in [2.45, 2.75) is 197 Å². The average Bonchev–Trinajstić information content (AvgIpc) is 1.59. The maximum absolute atomic E-state index is 13.7. The van der Waals surface area contributed by atoms with Crippen LogP contribution in [0, 0.1) is 0 Å². The molecule has 3 aromatic heterocycles. The van der Waals surface area contributed by atoms with Gasteiger partial charge in [-0.05, 0) is 187 Å². The van der Waals surface area contributed by atoms with E-state index in [2.05, 4.69) is 41.9 Å². The monoisotopic (exact) mass is 1660 g/mol. The van der Waals surface area contributed by atoms with Gasteiger partial charge in [0.05, 0.1) is 59.4 Å². The summed E-state index contributed by atoms with van der Waals surface area (Å²) in [7, 11) is 17.2. The quantitative estimate of drug-likeness (QED) is 0.0299.